The number of ether oxygens (including phenoxy) is 2. The molecule has 2 aromatic rings. The van der Waals surface area contributed by atoms with Gasteiger partial charge in [0, 0.05) is 16.7 Å². The van der Waals surface area contributed by atoms with Gasteiger partial charge in [-0.3, -0.25) is 0 Å². The Morgan fingerprint density at radius 1 is 1.29 bits per heavy atom. The highest BCUT2D eigenvalue weighted by atomic mass is 16.5. The number of hydrogen-bond donors (Lipinski definition) is 1. The van der Waals surface area contributed by atoms with E-state index >= 15 is 0 Å². The third-order valence-electron chi connectivity index (χ3n) is 6.83. The normalized spacial score (nSPS) is 32.1. The van der Waals surface area contributed by atoms with Crippen LogP contribution in [0.3, 0.4) is 0 Å². The molecule has 5 heteroatoms. The smallest absolute Gasteiger partial charge is 0.339 e. The molecule has 0 bridgehead atoms. The van der Waals surface area contributed by atoms with Crippen LogP contribution in [-0.4, -0.2) is 30.5 Å². The van der Waals surface area contributed by atoms with Crippen molar-refractivity contribution in [3.8, 4) is 5.75 Å². The van der Waals surface area contributed by atoms with Crippen molar-refractivity contribution in [2.75, 3.05) is 13.2 Å². The molecule has 2 aliphatic rings. The molecule has 1 aliphatic heterocycles. The van der Waals surface area contributed by atoms with Crippen molar-refractivity contribution in [1.29, 1.82) is 0 Å². The van der Waals surface area contributed by atoms with E-state index in [9.17, 15) is 9.90 Å². The molecule has 0 spiro atoms. The molecule has 1 saturated heterocycles. The fourth-order valence-electron chi connectivity index (χ4n) is 5.18. The molecule has 1 aliphatic carbocycles. The van der Waals surface area contributed by atoms with Crippen LogP contribution in [0.4, 0.5) is 0 Å². The molecular weight excluding hydrogens is 356 g/mol. The second-order valence-corrected chi connectivity index (χ2v) is 9.02. The Bertz CT molecular complexity index is 959. The molecule has 1 aromatic heterocycles. The van der Waals surface area contributed by atoms with Crippen LogP contribution in [-0.2, 0) is 4.74 Å². The van der Waals surface area contributed by atoms with Gasteiger partial charge in [0.05, 0.1) is 36.9 Å². The predicted octanol–water partition coefficient (Wildman–Crippen LogP) is 3.93. The predicted molar refractivity (Wildman–Crippen MR) is 107 cm³/mol. The zero-order valence-corrected chi connectivity index (χ0v) is 16.7. The lowest BCUT2D eigenvalue weighted by Crippen LogP contribution is -2.61. The first-order valence-corrected chi connectivity index (χ1v) is 9.86. The van der Waals surface area contributed by atoms with Crippen LogP contribution in [0.1, 0.15) is 33.6 Å². The van der Waals surface area contributed by atoms with E-state index in [0.29, 0.717) is 24.5 Å². The molecule has 2 fully saturated rings. The molecule has 4 rings (SSSR count). The van der Waals surface area contributed by atoms with Gasteiger partial charge in [-0.1, -0.05) is 39.5 Å². The minimum atomic E-state index is -0.425. The van der Waals surface area contributed by atoms with Crippen molar-refractivity contribution in [3.63, 3.8) is 0 Å². The van der Waals surface area contributed by atoms with Crippen LogP contribution in [0.5, 0.6) is 5.75 Å². The zero-order chi connectivity index (χ0) is 20.1. The van der Waals surface area contributed by atoms with Gasteiger partial charge in [0.2, 0.25) is 0 Å². The van der Waals surface area contributed by atoms with Gasteiger partial charge in [-0.15, -0.1) is 0 Å². The second-order valence-electron chi connectivity index (χ2n) is 9.02. The summed E-state index contributed by atoms with van der Waals surface area (Å²) in [6.45, 7) is 11.5. The third kappa shape index (κ3) is 2.97. The van der Waals surface area contributed by atoms with E-state index in [2.05, 4.69) is 27.4 Å². The molecule has 5 nitrogen and oxygen atoms in total. The van der Waals surface area contributed by atoms with Crippen molar-refractivity contribution < 1.29 is 19.0 Å². The summed E-state index contributed by atoms with van der Waals surface area (Å²) in [5.41, 5.74) is 0.560. The summed E-state index contributed by atoms with van der Waals surface area (Å²) in [5, 5.41) is 11.3. The number of hydrogen-bond acceptors (Lipinski definition) is 5. The van der Waals surface area contributed by atoms with Crippen LogP contribution in [0, 0.1) is 16.7 Å². The van der Waals surface area contributed by atoms with Gasteiger partial charge in [-0.2, -0.15) is 0 Å². The number of benzene rings is 1. The molecule has 1 saturated carbocycles. The van der Waals surface area contributed by atoms with Gasteiger partial charge in [-0.05, 0) is 30.5 Å². The minimum absolute atomic E-state index is 0.0732. The summed E-state index contributed by atoms with van der Waals surface area (Å²) in [6, 6.07) is 8.77. The first-order valence-electron chi connectivity index (χ1n) is 9.86. The van der Waals surface area contributed by atoms with E-state index in [1.807, 2.05) is 18.2 Å². The lowest BCUT2D eigenvalue weighted by Gasteiger charge is -2.58. The Kier molecular flexibility index (Phi) is 4.63. The highest BCUT2D eigenvalue weighted by molar-refractivity contribution is 5.82. The van der Waals surface area contributed by atoms with Crippen LogP contribution < -0.4 is 10.4 Å². The molecule has 0 radical (unpaired) electrons. The maximum Gasteiger partial charge on any atom is 0.339 e. The maximum absolute atomic E-state index is 11.9. The van der Waals surface area contributed by atoms with E-state index in [-0.39, 0.29) is 29.0 Å². The largest absolute Gasteiger partial charge is 0.492 e. The minimum Gasteiger partial charge on any atom is -0.492 e. The zero-order valence-electron chi connectivity index (χ0n) is 16.7. The lowest BCUT2D eigenvalue weighted by molar-refractivity contribution is -0.203. The van der Waals surface area contributed by atoms with Crippen LogP contribution in [0.2, 0.25) is 0 Å². The highest BCUT2D eigenvalue weighted by Gasteiger charge is 2.57. The van der Waals surface area contributed by atoms with Crippen molar-refractivity contribution in [2.45, 2.75) is 45.8 Å². The molecule has 1 N–H and O–H groups in total. The Morgan fingerprint density at radius 3 is 2.82 bits per heavy atom. The van der Waals surface area contributed by atoms with Gasteiger partial charge < -0.3 is 19.0 Å². The maximum atomic E-state index is 11.9. The Morgan fingerprint density at radius 2 is 2.04 bits per heavy atom. The second kappa shape index (κ2) is 6.75. The van der Waals surface area contributed by atoms with Gasteiger partial charge in [0.15, 0.2) is 0 Å². The average Bonchev–Trinajstić information content (AvgIpc) is 2.64. The highest BCUT2D eigenvalue weighted by Crippen LogP contribution is 2.55. The quantitative estimate of drug-likeness (QED) is 0.641. The number of fused-ring (bicyclic) bond motifs is 2. The molecular formula is C23H28O5. The number of aliphatic hydroxyl groups is 1. The molecule has 28 heavy (non-hydrogen) atoms. The number of rotatable bonds is 3. The van der Waals surface area contributed by atoms with Gasteiger partial charge in [0.1, 0.15) is 11.3 Å². The molecule has 4 atom stereocenters. The molecule has 2 heterocycles. The first kappa shape index (κ1) is 19.2. The fourth-order valence-corrected chi connectivity index (χ4v) is 5.18. The lowest BCUT2D eigenvalue weighted by atomic mass is 9.54. The summed E-state index contributed by atoms with van der Waals surface area (Å²) >= 11 is 0. The fraction of sp³-hybridized carbons (Fsp3) is 0.522. The molecule has 1 aromatic carbocycles. The SMILES string of the molecule is C=C1CO[C@@H]2C(C)(C)[C@H](O)CC[C@@]2(C)[C@@H]1COc1cc(=O)oc2ccccc12. The Hall–Kier alpha value is -2.11. The van der Waals surface area contributed by atoms with Crippen molar-refractivity contribution in [3.05, 3.63) is 52.9 Å². The van der Waals surface area contributed by atoms with E-state index in [1.54, 1.807) is 6.07 Å². The standard InChI is InChI=1S/C23H28O5/c1-14-12-27-21-22(2,3)19(24)9-10-23(21,4)16(14)13-26-18-11-20(25)28-17-8-6-5-7-15(17)18/h5-8,11,16,19,21,24H,1,9-10,12-13H2,2-4H3/t16-,19-,21-,23+/m1/s1. The summed E-state index contributed by atoms with van der Waals surface area (Å²) in [4.78, 5) is 11.9. The third-order valence-corrected chi connectivity index (χ3v) is 6.83. The Labute approximate surface area is 165 Å². The topological polar surface area (TPSA) is 68.9 Å². The van der Waals surface area contributed by atoms with Crippen molar-refractivity contribution in [1.82, 2.24) is 0 Å². The number of aliphatic hydroxyl groups excluding tert-OH is 1. The van der Waals surface area contributed by atoms with E-state index in [4.69, 9.17) is 13.9 Å². The summed E-state index contributed by atoms with van der Waals surface area (Å²) in [7, 11) is 0. The molecule has 0 amide bonds. The average molecular weight is 384 g/mol. The van der Waals surface area contributed by atoms with E-state index < -0.39 is 5.63 Å². The summed E-state index contributed by atoms with van der Waals surface area (Å²) < 4.78 is 17.6. The van der Waals surface area contributed by atoms with E-state index in [1.165, 1.54) is 6.07 Å². The summed E-state index contributed by atoms with van der Waals surface area (Å²) in [6.07, 6.45) is 1.10. The monoisotopic (exact) mass is 384 g/mol. The first-order chi connectivity index (χ1) is 13.2. The van der Waals surface area contributed by atoms with Crippen molar-refractivity contribution >= 4 is 11.0 Å². The molecule has 150 valence electrons. The molecule has 0 unspecified atom stereocenters. The van der Waals surface area contributed by atoms with E-state index in [0.717, 1.165) is 23.8 Å². The van der Waals surface area contributed by atoms with Crippen LogP contribution in [0.25, 0.3) is 11.0 Å². The van der Waals surface area contributed by atoms with Gasteiger partial charge >= 0.3 is 5.63 Å². The van der Waals surface area contributed by atoms with Crippen LogP contribution in [0.15, 0.2) is 51.7 Å². The Balaban J connectivity index is 1.64. The van der Waals surface area contributed by atoms with Crippen LogP contribution >= 0.6 is 0 Å². The van der Waals surface area contributed by atoms with Crippen molar-refractivity contribution in [2.24, 2.45) is 16.7 Å². The van der Waals surface area contributed by atoms with Gasteiger partial charge in [-0.25, -0.2) is 4.79 Å². The summed E-state index contributed by atoms with van der Waals surface area (Å²) in [5.74, 6) is 0.602. The van der Waals surface area contributed by atoms with Gasteiger partial charge in [0.25, 0.3) is 0 Å². The number of para-hydroxylation sites is 1.